The van der Waals surface area contributed by atoms with Crippen LogP contribution in [0.25, 0.3) is 16.0 Å². The van der Waals surface area contributed by atoms with E-state index in [0.717, 1.165) is 39.1 Å². The smallest absolute Gasteiger partial charge is 0.264 e. The molecule has 7 nitrogen and oxygen atoms in total. The fourth-order valence-corrected chi connectivity index (χ4v) is 4.85. The number of thiophene rings is 1. The minimum atomic E-state index is -0.243. The van der Waals surface area contributed by atoms with Crippen LogP contribution in [0, 0.1) is 0 Å². The summed E-state index contributed by atoms with van der Waals surface area (Å²) in [6, 6.07) is 9.90. The highest BCUT2D eigenvalue weighted by Crippen LogP contribution is 2.38. The maximum atomic E-state index is 13.5. The second-order valence-corrected chi connectivity index (χ2v) is 8.30. The van der Waals surface area contributed by atoms with Crippen LogP contribution in [0.2, 0.25) is 0 Å². The highest BCUT2D eigenvalue weighted by Gasteiger charge is 2.34. The number of aromatic nitrogens is 5. The van der Waals surface area contributed by atoms with E-state index in [1.807, 2.05) is 30.3 Å². The van der Waals surface area contributed by atoms with E-state index in [-0.39, 0.29) is 11.2 Å². The summed E-state index contributed by atoms with van der Waals surface area (Å²) in [7, 11) is 0. The zero-order valence-electron chi connectivity index (χ0n) is 15.2. The quantitative estimate of drug-likeness (QED) is 0.546. The number of hydrogen-bond acceptors (Lipinski definition) is 6. The monoisotopic (exact) mass is 381 g/mol. The molecule has 0 fully saturated rings. The van der Waals surface area contributed by atoms with E-state index in [1.165, 1.54) is 0 Å². The molecule has 0 saturated carbocycles. The first-order valence-electron chi connectivity index (χ1n) is 9.02. The SMILES string of the molecule is CC[C@@]1(C)Cc2c(sc3c2c(=O)n(Cc2ccccc2)c2nnnn32)CO1. The van der Waals surface area contributed by atoms with Crippen molar-refractivity contribution in [3.05, 3.63) is 56.7 Å². The lowest BCUT2D eigenvalue weighted by atomic mass is 9.90. The molecule has 1 aliphatic rings. The van der Waals surface area contributed by atoms with Gasteiger partial charge in [-0.05, 0) is 34.9 Å². The lowest BCUT2D eigenvalue weighted by Gasteiger charge is -2.32. The maximum absolute atomic E-state index is 13.5. The number of tetrazole rings is 1. The Kier molecular flexibility index (Phi) is 3.66. The average molecular weight is 381 g/mol. The minimum absolute atomic E-state index is 0.0333. The van der Waals surface area contributed by atoms with Gasteiger partial charge in [0.2, 0.25) is 0 Å². The van der Waals surface area contributed by atoms with Crippen LogP contribution >= 0.6 is 11.3 Å². The van der Waals surface area contributed by atoms with E-state index in [0.29, 0.717) is 18.9 Å². The summed E-state index contributed by atoms with van der Waals surface area (Å²) < 4.78 is 9.43. The standard InChI is InChI=1S/C19H19N5O2S/c1-3-19(2)9-13-14(11-26-19)27-17-15(13)16(25)23(18-20-21-22-24(17)18)10-12-7-5-4-6-8-12/h4-8H,3,9-11H2,1-2H3/t19-/m0/s1. The Hall–Kier alpha value is -2.58. The lowest BCUT2D eigenvalue weighted by Crippen LogP contribution is -2.34. The van der Waals surface area contributed by atoms with Crippen molar-refractivity contribution in [2.45, 2.75) is 45.4 Å². The molecule has 0 N–H and O–H groups in total. The Balaban J connectivity index is 1.78. The van der Waals surface area contributed by atoms with Crippen LogP contribution < -0.4 is 5.56 Å². The van der Waals surface area contributed by atoms with Crippen LogP contribution in [0.15, 0.2) is 35.1 Å². The first-order valence-corrected chi connectivity index (χ1v) is 9.84. The summed E-state index contributed by atoms with van der Waals surface area (Å²) in [5, 5.41) is 12.8. The van der Waals surface area contributed by atoms with E-state index in [2.05, 4.69) is 29.4 Å². The molecule has 8 heteroatoms. The zero-order chi connectivity index (χ0) is 18.6. The van der Waals surface area contributed by atoms with Crippen LogP contribution in [0.1, 0.15) is 36.3 Å². The van der Waals surface area contributed by atoms with Crippen LogP contribution in [0.4, 0.5) is 0 Å². The summed E-state index contributed by atoms with van der Waals surface area (Å²) in [5.41, 5.74) is 1.85. The number of rotatable bonds is 3. The molecule has 1 aromatic carbocycles. The van der Waals surface area contributed by atoms with E-state index >= 15 is 0 Å². The third kappa shape index (κ3) is 2.51. The molecule has 1 aliphatic heterocycles. The fraction of sp³-hybridized carbons (Fsp3) is 0.368. The van der Waals surface area contributed by atoms with Crippen LogP contribution in [0.5, 0.6) is 0 Å². The van der Waals surface area contributed by atoms with Crippen molar-refractivity contribution in [2.24, 2.45) is 0 Å². The summed E-state index contributed by atoms with van der Waals surface area (Å²) >= 11 is 1.56. The van der Waals surface area contributed by atoms with Crippen molar-refractivity contribution < 1.29 is 4.74 Å². The summed E-state index contributed by atoms with van der Waals surface area (Å²) in [6.45, 7) is 5.19. The number of fused-ring (bicyclic) bond motifs is 5. The van der Waals surface area contributed by atoms with Crippen molar-refractivity contribution in [1.29, 1.82) is 0 Å². The van der Waals surface area contributed by atoms with E-state index in [1.54, 1.807) is 20.4 Å². The van der Waals surface area contributed by atoms with Gasteiger partial charge in [0.15, 0.2) is 0 Å². The molecule has 4 heterocycles. The second kappa shape index (κ2) is 5.97. The maximum Gasteiger partial charge on any atom is 0.264 e. The van der Waals surface area contributed by atoms with Crippen molar-refractivity contribution in [3.8, 4) is 0 Å². The van der Waals surface area contributed by atoms with Gasteiger partial charge in [0.25, 0.3) is 11.3 Å². The third-order valence-electron chi connectivity index (χ3n) is 5.45. The average Bonchev–Trinajstić information content (AvgIpc) is 3.30. The molecule has 1 atom stereocenters. The number of nitrogens with zero attached hydrogens (tertiary/aromatic N) is 5. The van der Waals surface area contributed by atoms with Crippen molar-refractivity contribution in [1.82, 2.24) is 24.6 Å². The molecular formula is C19H19N5O2S. The number of hydrogen-bond donors (Lipinski definition) is 0. The normalized spacial score (nSPS) is 19.6. The van der Waals surface area contributed by atoms with Crippen LogP contribution in [-0.2, 0) is 24.3 Å². The van der Waals surface area contributed by atoms with Gasteiger partial charge in [0, 0.05) is 11.3 Å². The predicted octanol–water partition coefficient (Wildman–Crippen LogP) is 2.79. The Morgan fingerprint density at radius 3 is 2.89 bits per heavy atom. The number of ether oxygens (including phenoxy) is 1. The highest BCUT2D eigenvalue weighted by atomic mass is 32.1. The summed E-state index contributed by atoms with van der Waals surface area (Å²) in [4.78, 5) is 15.4. The van der Waals surface area contributed by atoms with E-state index in [4.69, 9.17) is 4.74 Å². The summed E-state index contributed by atoms with van der Waals surface area (Å²) in [6.07, 6.45) is 1.63. The van der Waals surface area contributed by atoms with Crippen molar-refractivity contribution in [3.63, 3.8) is 0 Å². The molecule has 0 saturated heterocycles. The Labute approximate surface area is 159 Å². The molecule has 0 amide bonds. The number of benzene rings is 1. The second-order valence-electron chi connectivity index (χ2n) is 7.22. The van der Waals surface area contributed by atoms with Crippen LogP contribution in [0.3, 0.4) is 0 Å². The largest absolute Gasteiger partial charge is 0.369 e. The molecule has 0 unspecified atom stereocenters. The molecule has 3 aromatic heterocycles. The highest BCUT2D eigenvalue weighted by molar-refractivity contribution is 7.18. The molecule has 4 aromatic rings. The van der Waals surface area contributed by atoms with Gasteiger partial charge in [0.05, 0.1) is 24.1 Å². The van der Waals surface area contributed by atoms with Gasteiger partial charge in [-0.15, -0.1) is 11.3 Å². The van der Waals surface area contributed by atoms with E-state index < -0.39 is 0 Å². The molecule has 0 spiro atoms. The molecule has 0 radical (unpaired) electrons. The topological polar surface area (TPSA) is 74.3 Å². The van der Waals surface area contributed by atoms with Gasteiger partial charge in [0.1, 0.15) is 4.83 Å². The van der Waals surface area contributed by atoms with Crippen molar-refractivity contribution >= 4 is 27.3 Å². The summed E-state index contributed by atoms with van der Waals surface area (Å²) in [5.74, 6) is 0.467. The van der Waals surface area contributed by atoms with Gasteiger partial charge in [-0.2, -0.15) is 4.52 Å². The molecule has 0 aliphatic carbocycles. The minimum Gasteiger partial charge on any atom is -0.369 e. The lowest BCUT2D eigenvalue weighted by molar-refractivity contribution is -0.0543. The Morgan fingerprint density at radius 1 is 1.30 bits per heavy atom. The van der Waals surface area contributed by atoms with Gasteiger partial charge in [-0.1, -0.05) is 42.4 Å². The predicted molar refractivity (Wildman–Crippen MR) is 103 cm³/mol. The zero-order valence-corrected chi connectivity index (χ0v) is 16.0. The molecule has 5 rings (SSSR count). The fourth-order valence-electron chi connectivity index (χ4n) is 3.68. The molecule has 138 valence electrons. The first kappa shape index (κ1) is 16.6. The van der Waals surface area contributed by atoms with Gasteiger partial charge in [-0.25, -0.2) is 0 Å². The molecular weight excluding hydrogens is 362 g/mol. The third-order valence-corrected chi connectivity index (χ3v) is 6.63. The van der Waals surface area contributed by atoms with E-state index in [9.17, 15) is 4.79 Å². The molecule has 27 heavy (non-hydrogen) atoms. The first-order chi connectivity index (χ1) is 13.1. The van der Waals surface area contributed by atoms with Gasteiger partial charge >= 0.3 is 0 Å². The van der Waals surface area contributed by atoms with Crippen molar-refractivity contribution in [2.75, 3.05) is 0 Å². The van der Waals surface area contributed by atoms with Crippen LogP contribution in [-0.4, -0.2) is 30.2 Å². The Bertz CT molecular complexity index is 1210. The van der Waals surface area contributed by atoms with Gasteiger partial charge < -0.3 is 4.74 Å². The van der Waals surface area contributed by atoms with Gasteiger partial charge in [-0.3, -0.25) is 9.36 Å². The Morgan fingerprint density at radius 2 is 2.11 bits per heavy atom. The molecule has 0 bridgehead atoms.